The molecule has 0 aliphatic heterocycles. The SMILES string of the molecule is CCOc1cc(N)cc(N(CC2CC2)CC2CC2)c1. The van der Waals surface area contributed by atoms with E-state index in [0.717, 1.165) is 23.3 Å². The van der Waals surface area contributed by atoms with Gasteiger partial charge in [0.25, 0.3) is 0 Å². The Morgan fingerprint density at radius 2 is 1.74 bits per heavy atom. The van der Waals surface area contributed by atoms with Crippen molar-refractivity contribution in [2.45, 2.75) is 32.6 Å². The van der Waals surface area contributed by atoms with Crippen molar-refractivity contribution < 1.29 is 4.74 Å². The Morgan fingerprint density at radius 3 is 2.26 bits per heavy atom. The van der Waals surface area contributed by atoms with E-state index >= 15 is 0 Å². The molecule has 0 heterocycles. The maximum Gasteiger partial charge on any atom is 0.123 e. The van der Waals surface area contributed by atoms with Crippen LogP contribution in [0.3, 0.4) is 0 Å². The van der Waals surface area contributed by atoms with Crippen molar-refractivity contribution in [3.8, 4) is 5.75 Å². The monoisotopic (exact) mass is 260 g/mol. The van der Waals surface area contributed by atoms with E-state index in [4.69, 9.17) is 10.5 Å². The molecular formula is C16H24N2O. The number of benzene rings is 1. The molecule has 0 radical (unpaired) electrons. The van der Waals surface area contributed by atoms with Gasteiger partial charge in [-0.05, 0) is 50.5 Å². The molecule has 3 nitrogen and oxygen atoms in total. The second kappa shape index (κ2) is 5.32. The molecule has 2 saturated carbocycles. The first-order valence-corrected chi connectivity index (χ1v) is 7.53. The molecule has 0 spiro atoms. The molecular weight excluding hydrogens is 236 g/mol. The van der Waals surface area contributed by atoms with E-state index in [1.807, 2.05) is 13.0 Å². The zero-order valence-corrected chi connectivity index (χ0v) is 11.8. The van der Waals surface area contributed by atoms with Crippen molar-refractivity contribution in [2.24, 2.45) is 11.8 Å². The standard InChI is InChI=1S/C16H24N2O/c1-2-19-16-8-14(17)7-15(9-16)18(10-12-3-4-12)11-13-5-6-13/h7-9,12-13H,2-6,10-11,17H2,1H3. The van der Waals surface area contributed by atoms with Crippen LogP contribution in [-0.2, 0) is 0 Å². The number of nitrogen functional groups attached to an aromatic ring is 1. The molecule has 0 bridgehead atoms. The molecule has 3 heteroatoms. The first-order chi connectivity index (χ1) is 9.24. The van der Waals surface area contributed by atoms with Gasteiger partial charge in [-0.3, -0.25) is 0 Å². The number of nitrogens with zero attached hydrogens (tertiary/aromatic N) is 1. The van der Waals surface area contributed by atoms with Gasteiger partial charge in [0.15, 0.2) is 0 Å². The van der Waals surface area contributed by atoms with Crippen molar-refractivity contribution >= 4 is 11.4 Å². The summed E-state index contributed by atoms with van der Waals surface area (Å²) in [5.41, 5.74) is 8.06. The van der Waals surface area contributed by atoms with E-state index in [0.29, 0.717) is 6.61 Å². The molecule has 0 unspecified atom stereocenters. The van der Waals surface area contributed by atoms with Gasteiger partial charge in [0.2, 0.25) is 0 Å². The predicted octanol–water partition coefficient (Wildman–Crippen LogP) is 3.29. The van der Waals surface area contributed by atoms with Crippen LogP contribution in [0, 0.1) is 11.8 Å². The topological polar surface area (TPSA) is 38.5 Å². The number of rotatable bonds is 7. The van der Waals surface area contributed by atoms with Crippen LogP contribution < -0.4 is 15.4 Å². The first-order valence-electron chi connectivity index (χ1n) is 7.53. The summed E-state index contributed by atoms with van der Waals surface area (Å²) in [6.07, 6.45) is 5.56. The molecule has 2 aliphatic carbocycles. The molecule has 104 valence electrons. The Labute approximate surface area is 115 Å². The van der Waals surface area contributed by atoms with Crippen LogP contribution >= 0.6 is 0 Å². The number of hydrogen-bond acceptors (Lipinski definition) is 3. The first kappa shape index (κ1) is 12.6. The Balaban J connectivity index is 1.77. The molecule has 0 aromatic heterocycles. The molecule has 2 N–H and O–H groups in total. The highest BCUT2D eigenvalue weighted by atomic mass is 16.5. The van der Waals surface area contributed by atoms with Gasteiger partial charge in [0.1, 0.15) is 5.75 Å². The summed E-state index contributed by atoms with van der Waals surface area (Å²) in [5, 5.41) is 0. The van der Waals surface area contributed by atoms with Gasteiger partial charge in [0.05, 0.1) is 6.61 Å². The molecule has 3 rings (SSSR count). The van der Waals surface area contributed by atoms with Crippen molar-refractivity contribution in [1.29, 1.82) is 0 Å². The van der Waals surface area contributed by atoms with Gasteiger partial charge < -0.3 is 15.4 Å². The van der Waals surface area contributed by atoms with E-state index in [2.05, 4.69) is 17.0 Å². The van der Waals surface area contributed by atoms with Gasteiger partial charge in [-0.15, -0.1) is 0 Å². The van der Waals surface area contributed by atoms with Gasteiger partial charge >= 0.3 is 0 Å². The Kier molecular flexibility index (Phi) is 3.54. The molecule has 2 aliphatic rings. The van der Waals surface area contributed by atoms with Gasteiger partial charge in [-0.1, -0.05) is 0 Å². The van der Waals surface area contributed by atoms with Crippen molar-refractivity contribution in [2.75, 3.05) is 30.3 Å². The van der Waals surface area contributed by atoms with Crippen LogP contribution in [0.25, 0.3) is 0 Å². The highest BCUT2D eigenvalue weighted by Crippen LogP contribution is 2.37. The molecule has 1 aromatic carbocycles. The summed E-state index contributed by atoms with van der Waals surface area (Å²) in [4.78, 5) is 2.52. The molecule has 1 aromatic rings. The maximum absolute atomic E-state index is 6.01. The zero-order valence-electron chi connectivity index (χ0n) is 11.8. The van der Waals surface area contributed by atoms with Crippen LogP contribution in [0.15, 0.2) is 18.2 Å². The fourth-order valence-corrected chi connectivity index (χ4v) is 2.55. The Bertz CT molecular complexity index is 424. The largest absolute Gasteiger partial charge is 0.494 e. The summed E-state index contributed by atoms with van der Waals surface area (Å²) in [5.74, 6) is 2.69. The average Bonchev–Trinajstić information content (AvgIpc) is 3.22. The lowest BCUT2D eigenvalue weighted by Crippen LogP contribution is -2.28. The van der Waals surface area contributed by atoms with Crippen LogP contribution in [-0.4, -0.2) is 19.7 Å². The lowest BCUT2D eigenvalue weighted by Gasteiger charge is -2.25. The van der Waals surface area contributed by atoms with E-state index in [9.17, 15) is 0 Å². The number of nitrogens with two attached hydrogens (primary N) is 1. The average molecular weight is 260 g/mol. The second-order valence-corrected chi connectivity index (χ2v) is 5.98. The fraction of sp³-hybridized carbons (Fsp3) is 0.625. The van der Waals surface area contributed by atoms with E-state index in [1.54, 1.807) is 0 Å². The lowest BCUT2D eigenvalue weighted by molar-refractivity contribution is 0.340. The summed E-state index contributed by atoms with van der Waals surface area (Å²) in [6.45, 7) is 5.07. The minimum Gasteiger partial charge on any atom is -0.494 e. The van der Waals surface area contributed by atoms with Crippen LogP contribution in [0.5, 0.6) is 5.75 Å². The van der Waals surface area contributed by atoms with E-state index < -0.39 is 0 Å². The third-order valence-corrected chi connectivity index (χ3v) is 3.94. The van der Waals surface area contributed by atoms with Crippen LogP contribution in [0.4, 0.5) is 11.4 Å². The summed E-state index contributed by atoms with van der Waals surface area (Å²) < 4.78 is 5.61. The molecule has 0 saturated heterocycles. The van der Waals surface area contributed by atoms with Crippen molar-refractivity contribution in [3.63, 3.8) is 0 Å². The van der Waals surface area contributed by atoms with Gasteiger partial charge in [0, 0.05) is 36.6 Å². The van der Waals surface area contributed by atoms with Crippen LogP contribution in [0.1, 0.15) is 32.6 Å². The molecule has 0 atom stereocenters. The molecule has 19 heavy (non-hydrogen) atoms. The number of ether oxygens (including phenoxy) is 1. The van der Waals surface area contributed by atoms with Crippen LogP contribution in [0.2, 0.25) is 0 Å². The zero-order chi connectivity index (χ0) is 13.2. The highest BCUT2D eigenvalue weighted by molar-refractivity contribution is 5.60. The minimum absolute atomic E-state index is 0.689. The maximum atomic E-state index is 6.01. The molecule has 0 amide bonds. The third kappa shape index (κ3) is 3.55. The summed E-state index contributed by atoms with van der Waals surface area (Å²) in [6, 6.07) is 6.15. The predicted molar refractivity (Wildman–Crippen MR) is 79.7 cm³/mol. The second-order valence-electron chi connectivity index (χ2n) is 5.98. The summed E-state index contributed by atoms with van der Waals surface area (Å²) in [7, 11) is 0. The highest BCUT2D eigenvalue weighted by Gasteiger charge is 2.29. The molecule has 2 fully saturated rings. The van der Waals surface area contributed by atoms with Crippen molar-refractivity contribution in [1.82, 2.24) is 0 Å². The quantitative estimate of drug-likeness (QED) is 0.764. The van der Waals surface area contributed by atoms with Gasteiger partial charge in [-0.25, -0.2) is 0 Å². The fourth-order valence-electron chi connectivity index (χ4n) is 2.55. The van der Waals surface area contributed by atoms with Gasteiger partial charge in [-0.2, -0.15) is 0 Å². The Hall–Kier alpha value is -1.38. The minimum atomic E-state index is 0.689. The lowest BCUT2D eigenvalue weighted by atomic mass is 10.2. The number of anilines is 2. The number of hydrogen-bond donors (Lipinski definition) is 1. The summed E-state index contributed by atoms with van der Waals surface area (Å²) >= 11 is 0. The van der Waals surface area contributed by atoms with E-state index in [-0.39, 0.29) is 0 Å². The normalized spacial score (nSPS) is 18.4. The third-order valence-electron chi connectivity index (χ3n) is 3.94. The van der Waals surface area contributed by atoms with E-state index in [1.165, 1.54) is 44.5 Å². The van der Waals surface area contributed by atoms with Crippen molar-refractivity contribution in [3.05, 3.63) is 18.2 Å². The Morgan fingerprint density at radius 1 is 1.11 bits per heavy atom. The smallest absolute Gasteiger partial charge is 0.123 e.